The van der Waals surface area contributed by atoms with Gasteiger partial charge in [0, 0.05) is 5.39 Å². The first-order chi connectivity index (χ1) is 5.70. The van der Waals surface area contributed by atoms with Gasteiger partial charge in [0.15, 0.2) is 0 Å². The summed E-state index contributed by atoms with van der Waals surface area (Å²) in [6.45, 7) is 0. The van der Waals surface area contributed by atoms with Crippen LogP contribution in [0, 0.1) is 0 Å². The largest absolute Gasteiger partial charge is 0.397 e. The average molecular weight is 246 g/mol. The quantitative estimate of drug-likeness (QED) is 0.702. The summed E-state index contributed by atoms with van der Waals surface area (Å²) in [5, 5.41) is 8.15. The van der Waals surface area contributed by atoms with Gasteiger partial charge in [0.25, 0.3) is 0 Å². The zero-order valence-corrected chi connectivity index (χ0v) is 8.28. The number of nitrogens with one attached hydrogen (secondary N) is 1. The van der Waals surface area contributed by atoms with Crippen LogP contribution in [-0.2, 0) is 0 Å². The molecule has 2 aromatic rings. The summed E-state index contributed by atoms with van der Waals surface area (Å²) in [5.74, 6) is 0. The summed E-state index contributed by atoms with van der Waals surface area (Å²) in [7, 11) is 0. The first kappa shape index (κ1) is 7.89. The summed E-state index contributed by atoms with van der Waals surface area (Å²) in [5.41, 5.74) is 7.11. The van der Waals surface area contributed by atoms with Crippen molar-refractivity contribution in [2.45, 2.75) is 0 Å². The molecule has 0 unspecified atom stereocenters. The normalized spacial score (nSPS) is 10.8. The van der Waals surface area contributed by atoms with Gasteiger partial charge >= 0.3 is 0 Å². The highest BCUT2D eigenvalue weighted by Gasteiger charge is 2.07. The smallest absolute Gasteiger partial charge is 0.0678 e. The number of nitrogens with zero attached hydrogens (tertiary/aromatic N) is 1. The number of fused-ring (bicyclic) bond motifs is 1. The van der Waals surface area contributed by atoms with Crippen LogP contribution in [0.3, 0.4) is 0 Å². The molecule has 1 aromatic heterocycles. The molecule has 0 amide bonds. The summed E-state index contributed by atoms with van der Waals surface area (Å²) < 4.78 is 0.791. The van der Waals surface area contributed by atoms with E-state index in [4.69, 9.17) is 17.3 Å². The number of benzene rings is 1. The van der Waals surface area contributed by atoms with E-state index in [0.717, 1.165) is 15.4 Å². The molecule has 62 valence electrons. The van der Waals surface area contributed by atoms with Gasteiger partial charge in [0.1, 0.15) is 0 Å². The first-order valence-electron chi connectivity index (χ1n) is 3.26. The minimum Gasteiger partial charge on any atom is -0.397 e. The fraction of sp³-hybridized carbons (Fsp3) is 0. The Morgan fingerprint density at radius 3 is 3.08 bits per heavy atom. The predicted molar refractivity (Wildman–Crippen MR) is 53.2 cm³/mol. The van der Waals surface area contributed by atoms with Gasteiger partial charge in [-0.3, -0.25) is 5.10 Å². The highest BCUT2D eigenvalue weighted by Crippen LogP contribution is 2.34. The minimum absolute atomic E-state index is 0.527. The number of hydrogen-bond donors (Lipinski definition) is 2. The number of nitrogens with two attached hydrogens (primary N) is 1. The summed E-state index contributed by atoms with van der Waals surface area (Å²) >= 11 is 9.19. The number of hydrogen-bond acceptors (Lipinski definition) is 2. The Kier molecular flexibility index (Phi) is 1.73. The van der Waals surface area contributed by atoms with Crippen molar-refractivity contribution in [3.63, 3.8) is 0 Å². The third kappa shape index (κ3) is 0.990. The van der Waals surface area contributed by atoms with Crippen LogP contribution in [0.4, 0.5) is 5.69 Å². The number of rotatable bonds is 0. The molecule has 0 saturated carbocycles. The summed E-state index contributed by atoms with van der Waals surface area (Å²) in [4.78, 5) is 0. The average Bonchev–Trinajstić information content (AvgIpc) is 2.48. The van der Waals surface area contributed by atoms with E-state index in [0.29, 0.717) is 10.7 Å². The maximum atomic E-state index is 5.85. The van der Waals surface area contributed by atoms with Gasteiger partial charge in [-0.2, -0.15) is 5.10 Å². The molecule has 0 aliphatic rings. The van der Waals surface area contributed by atoms with Gasteiger partial charge in [0.05, 0.1) is 26.9 Å². The number of aromatic nitrogens is 2. The van der Waals surface area contributed by atoms with E-state index in [-0.39, 0.29) is 0 Å². The number of halogens is 2. The Balaban J connectivity index is 2.94. The fourth-order valence-electron chi connectivity index (χ4n) is 1.04. The van der Waals surface area contributed by atoms with Crippen molar-refractivity contribution in [2.24, 2.45) is 0 Å². The lowest BCUT2D eigenvalue weighted by atomic mass is 10.2. The van der Waals surface area contributed by atoms with Crippen molar-refractivity contribution in [3.8, 4) is 0 Å². The molecule has 1 aromatic carbocycles. The molecule has 0 spiro atoms. The molecule has 0 bridgehead atoms. The second kappa shape index (κ2) is 2.64. The van der Waals surface area contributed by atoms with Gasteiger partial charge in [-0.05, 0) is 22.0 Å². The molecule has 0 aliphatic carbocycles. The van der Waals surface area contributed by atoms with E-state index in [2.05, 4.69) is 26.1 Å². The summed E-state index contributed by atoms with van der Waals surface area (Å²) in [6, 6.07) is 1.75. The van der Waals surface area contributed by atoms with E-state index in [1.807, 2.05) is 0 Å². The van der Waals surface area contributed by atoms with Crippen LogP contribution in [-0.4, -0.2) is 10.2 Å². The van der Waals surface area contributed by atoms with Crippen LogP contribution in [0.2, 0.25) is 5.02 Å². The maximum Gasteiger partial charge on any atom is 0.0678 e. The molecule has 0 aliphatic heterocycles. The zero-order chi connectivity index (χ0) is 8.72. The van der Waals surface area contributed by atoms with Crippen LogP contribution in [0.1, 0.15) is 0 Å². The topological polar surface area (TPSA) is 54.7 Å². The Labute approximate surface area is 82.0 Å². The molecule has 5 heteroatoms. The molecule has 0 saturated heterocycles. The Hall–Kier alpha value is -0.740. The third-order valence-corrected chi connectivity index (χ3v) is 2.84. The fourth-order valence-corrected chi connectivity index (χ4v) is 1.88. The van der Waals surface area contributed by atoms with E-state index in [9.17, 15) is 0 Å². The van der Waals surface area contributed by atoms with Crippen molar-refractivity contribution >= 4 is 44.1 Å². The van der Waals surface area contributed by atoms with Gasteiger partial charge < -0.3 is 5.73 Å². The van der Waals surface area contributed by atoms with Crippen LogP contribution >= 0.6 is 27.5 Å². The monoisotopic (exact) mass is 245 g/mol. The molecule has 2 rings (SSSR count). The predicted octanol–water partition coefficient (Wildman–Crippen LogP) is 2.56. The minimum atomic E-state index is 0.527. The molecular formula is C7H5BrClN3. The lowest BCUT2D eigenvalue weighted by molar-refractivity contribution is 1.12. The highest BCUT2D eigenvalue weighted by atomic mass is 79.9. The SMILES string of the molecule is Nc1c(Cl)cc2[nH]ncc2c1Br. The molecule has 3 nitrogen and oxygen atoms in total. The van der Waals surface area contributed by atoms with Gasteiger partial charge in [-0.1, -0.05) is 11.6 Å². The molecule has 12 heavy (non-hydrogen) atoms. The third-order valence-electron chi connectivity index (χ3n) is 1.67. The lowest BCUT2D eigenvalue weighted by Crippen LogP contribution is -1.88. The Morgan fingerprint density at radius 2 is 2.33 bits per heavy atom. The van der Waals surface area contributed by atoms with E-state index >= 15 is 0 Å². The van der Waals surface area contributed by atoms with Crippen molar-refractivity contribution in [1.82, 2.24) is 10.2 Å². The second-order valence-corrected chi connectivity index (χ2v) is 3.62. The first-order valence-corrected chi connectivity index (χ1v) is 4.44. The van der Waals surface area contributed by atoms with Crippen LogP contribution < -0.4 is 5.73 Å². The molecule has 0 fully saturated rings. The number of anilines is 1. The van der Waals surface area contributed by atoms with Crippen molar-refractivity contribution in [3.05, 3.63) is 21.8 Å². The van der Waals surface area contributed by atoms with E-state index in [1.54, 1.807) is 12.3 Å². The van der Waals surface area contributed by atoms with Gasteiger partial charge in [0.2, 0.25) is 0 Å². The molecular weight excluding hydrogens is 241 g/mol. The maximum absolute atomic E-state index is 5.85. The van der Waals surface area contributed by atoms with Gasteiger partial charge in [-0.15, -0.1) is 0 Å². The number of nitrogen functional groups attached to an aromatic ring is 1. The number of aromatic amines is 1. The molecule has 1 heterocycles. The van der Waals surface area contributed by atoms with Crippen molar-refractivity contribution in [2.75, 3.05) is 5.73 Å². The van der Waals surface area contributed by atoms with Crippen molar-refractivity contribution in [1.29, 1.82) is 0 Å². The summed E-state index contributed by atoms with van der Waals surface area (Å²) in [6.07, 6.45) is 1.70. The lowest BCUT2D eigenvalue weighted by Gasteiger charge is -2.01. The highest BCUT2D eigenvalue weighted by molar-refractivity contribution is 9.10. The van der Waals surface area contributed by atoms with Crippen molar-refractivity contribution < 1.29 is 0 Å². The van der Waals surface area contributed by atoms with Crippen LogP contribution in [0.5, 0.6) is 0 Å². The van der Waals surface area contributed by atoms with E-state index in [1.165, 1.54) is 0 Å². The molecule has 0 radical (unpaired) electrons. The second-order valence-electron chi connectivity index (χ2n) is 2.42. The standard InChI is InChI=1S/C7H5BrClN3/c8-6-3-2-11-12-5(3)1-4(9)7(6)10/h1-2H,10H2,(H,11,12). The van der Waals surface area contributed by atoms with Gasteiger partial charge in [-0.25, -0.2) is 0 Å². The zero-order valence-electron chi connectivity index (χ0n) is 5.94. The molecule has 0 atom stereocenters. The van der Waals surface area contributed by atoms with Crippen LogP contribution in [0.25, 0.3) is 10.9 Å². The van der Waals surface area contributed by atoms with E-state index < -0.39 is 0 Å². The molecule has 3 N–H and O–H groups in total. The Morgan fingerprint density at radius 1 is 1.58 bits per heavy atom. The Bertz CT molecular complexity index is 437. The van der Waals surface area contributed by atoms with Crippen LogP contribution in [0.15, 0.2) is 16.7 Å². The number of H-pyrrole nitrogens is 1.